The van der Waals surface area contributed by atoms with Gasteiger partial charge in [0.25, 0.3) is 0 Å². The van der Waals surface area contributed by atoms with Gasteiger partial charge in [-0.3, -0.25) is 4.79 Å². The summed E-state index contributed by atoms with van der Waals surface area (Å²) in [5.74, 6) is 3.67. The van der Waals surface area contributed by atoms with Crippen LogP contribution in [0.4, 0.5) is 0 Å². The predicted octanol–water partition coefficient (Wildman–Crippen LogP) is 8.39. The predicted molar refractivity (Wildman–Crippen MR) is 134 cm³/mol. The van der Waals surface area contributed by atoms with Crippen LogP contribution in [-0.4, -0.2) is 19.2 Å². The molecule has 0 aliphatic heterocycles. The summed E-state index contributed by atoms with van der Waals surface area (Å²) < 4.78 is 11.1. The van der Waals surface area contributed by atoms with E-state index in [2.05, 4.69) is 20.1 Å². The fourth-order valence-corrected chi connectivity index (χ4v) is 5.62. The van der Waals surface area contributed by atoms with E-state index < -0.39 is 0 Å². The van der Waals surface area contributed by atoms with Crippen molar-refractivity contribution < 1.29 is 14.3 Å². The summed E-state index contributed by atoms with van der Waals surface area (Å²) in [4.78, 5) is 12.5. The molecule has 0 atom stereocenters. The number of carbonyl (C=O) groups excluding carboxylic acids is 1. The summed E-state index contributed by atoms with van der Waals surface area (Å²) in [6, 6.07) is 0. The van der Waals surface area contributed by atoms with E-state index in [0.717, 1.165) is 61.9 Å². The topological polar surface area (TPSA) is 35.5 Å². The Kier molecular flexibility index (Phi) is 13.1. The first-order chi connectivity index (χ1) is 15.5. The van der Waals surface area contributed by atoms with E-state index >= 15 is 0 Å². The standard InChI is InChI=1S/C29H50O3/c1-5-6-9-12-25-13-15-26(16-14-25)27-17-19-28(20-18-27)29(30)32-22-11-8-7-10-21-31-24(4)23(2)3/h25-28H,2,4-22H2,1,3H3. The molecule has 2 saturated carbocycles. The molecule has 0 aromatic carbocycles. The lowest BCUT2D eigenvalue weighted by Gasteiger charge is -2.37. The Balaban J connectivity index is 1.48. The SMILES string of the molecule is C=C(C)C(=C)OCCCCCCOC(=O)C1CCC(C2CCC(CCCCC)CC2)CC1. The van der Waals surface area contributed by atoms with Crippen molar-refractivity contribution in [2.45, 2.75) is 117 Å². The molecule has 0 radical (unpaired) electrons. The van der Waals surface area contributed by atoms with Gasteiger partial charge in [0.05, 0.1) is 19.1 Å². The van der Waals surface area contributed by atoms with E-state index in [0.29, 0.717) is 19.0 Å². The Bertz CT molecular complexity index is 551. The number of hydrogen-bond acceptors (Lipinski definition) is 3. The molecule has 2 aliphatic rings. The van der Waals surface area contributed by atoms with Crippen LogP contribution in [0.2, 0.25) is 0 Å². The van der Waals surface area contributed by atoms with Gasteiger partial charge < -0.3 is 9.47 Å². The van der Waals surface area contributed by atoms with E-state index in [-0.39, 0.29) is 11.9 Å². The van der Waals surface area contributed by atoms with Crippen LogP contribution in [0, 0.1) is 23.7 Å². The van der Waals surface area contributed by atoms with Gasteiger partial charge >= 0.3 is 5.97 Å². The number of carbonyl (C=O) groups is 1. The summed E-state index contributed by atoms with van der Waals surface area (Å²) in [6.07, 6.45) is 20.1. The maximum Gasteiger partial charge on any atom is 0.308 e. The molecule has 2 fully saturated rings. The molecular weight excluding hydrogens is 396 g/mol. The average Bonchev–Trinajstić information content (AvgIpc) is 2.81. The minimum Gasteiger partial charge on any atom is -0.494 e. The van der Waals surface area contributed by atoms with Crippen molar-refractivity contribution in [2.24, 2.45) is 23.7 Å². The molecule has 2 rings (SSSR count). The zero-order chi connectivity index (χ0) is 23.2. The Morgan fingerprint density at radius 3 is 1.88 bits per heavy atom. The molecule has 0 amide bonds. The first-order valence-electron chi connectivity index (χ1n) is 13.7. The van der Waals surface area contributed by atoms with Gasteiger partial charge in [-0.05, 0) is 94.5 Å². The van der Waals surface area contributed by atoms with Crippen molar-refractivity contribution in [1.29, 1.82) is 0 Å². The minimum absolute atomic E-state index is 0.0594. The molecular formula is C29H50O3. The van der Waals surface area contributed by atoms with Crippen molar-refractivity contribution >= 4 is 5.97 Å². The first kappa shape index (κ1) is 27.0. The second-order valence-electron chi connectivity index (χ2n) is 10.5. The third-order valence-electron chi connectivity index (χ3n) is 7.91. The maximum absolute atomic E-state index is 12.5. The lowest BCUT2D eigenvalue weighted by molar-refractivity contribution is -0.150. The van der Waals surface area contributed by atoms with E-state index in [1.165, 1.54) is 64.2 Å². The zero-order valence-electron chi connectivity index (χ0n) is 21.2. The second kappa shape index (κ2) is 15.6. The molecule has 0 heterocycles. The average molecular weight is 447 g/mol. The number of allylic oxidation sites excluding steroid dienone is 1. The van der Waals surface area contributed by atoms with Gasteiger partial charge in [0.1, 0.15) is 5.76 Å². The van der Waals surface area contributed by atoms with Gasteiger partial charge in [-0.15, -0.1) is 0 Å². The summed E-state index contributed by atoms with van der Waals surface area (Å²) >= 11 is 0. The molecule has 3 nitrogen and oxygen atoms in total. The van der Waals surface area contributed by atoms with E-state index in [1.54, 1.807) is 0 Å². The van der Waals surface area contributed by atoms with Crippen molar-refractivity contribution in [3.05, 3.63) is 24.5 Å². The summed E-state index contributed by atoms with van der Waals surface area (Å²) in [5.41, 5.74) is 0.885. The first-order valence-corrected chi connectivity index (χ1v) is 13.7. The fourth-order valence-electron chi connectivity index (χ4n) is 5.62. The van der Waals surface area contributed by atoms with Crippen molar-refractivity contribution in [1.82, 2.24) is 0 Å². The van der Waals surface area contributed by atoms with Crippen LogP contribution in [0.1, 0.15) is 117 Å². The van der Waals surface area contributed by atoms with Crippen LogP contribution in [0.15, 0.2) is 24.5 Å². The number of esters is 1. The molecule has 0 N–H and O–H groups in total. The third kappa shape index (κ3) is 10.1. The number of ether oxygens (including phenoxy) is 2. The van der Waals surface area contributed by atoms with Crippen LogP contribution in [0.3, 0.4) is 0 Å². The van der Waals surface area contributed by atoms with Crippen LogP contribution in [0.5, 0.6) is 0 Å². The highest BCUT2D eigenvalue weighted by atomic mass is 16.5. The summed E-state index contributed by atoms with van der Waals surface area (Å²) in [6.45, 7) is 13.1. The van der Waals surface area contributed by atoms with Crippen molar-refractivity contribution in [2.75, 3.05) is 13.2 Å². The zero-order valence-corrected chi connectivity index (χ0v) is 21.2. The minimum atomic E-state index is 0.0594. The quantitative estimate of drug-likeness (QED) is 0.110. The molecule has 3 heteroatoms. The Labute approximate surface area is 198 Å². The van der Waals surface area contributed by atoms with Gasteiger partial charge in [-0.1, -0.05) is 58.6 Å². The molecule has 32 heavy (non-hydrogen) atoms. The smallest absolute Gasteiger partial charge is 0.308 e. The summed E-state index contributed by atoms with van der Waals surface area (Å²) in [5, 5.41) is 0. The molecule has 0 aromatic heterocycles. The van der Waals surface area contributed by atoms with E-state index in [1.807, 2.05) is 6.92 Å². The molecule has 0 spiro atoms. The Hall–Kier alpha value is -1.25. The highest BCUT2D eigenvalue weighted by Crippen LogP contribution is 2.42. The van der Waals surface area contributed by atoms with Gasteiger partial charge in [0.15, 0.2) is 0 Å². The molecule has 0 saturated heterocycles. The van der Waals surface area contributed by atoms with Crippen molar-refractivity contribution in [3.63, 3.8) is 0 Å². The van der Waals surface area contributed by atoms with Crippen LogP contribution < -0.4 is 0 Å². The Morgan fingerprint density at radius 2 is 1.31 bits per heavy atom. The largest absolute Gasteiger partial charge is 0.494 e. The monoisotopic (exact) mass is 446 g/mol. The van der Waals surface area contributed by atoms with Crippen LogP contribution >= 0.6 is 0 Å². The van der Waals surface area contributed by atoms with E-state index in [4.69, 9.17) is 9.47 Å². The van der Waals surface area contributed by atoms with Crippen LogP contribution in [0.25, 0.3) is 0 Å². The normalized spacial score (nSPS) is 25.8. The van der Waals surface area contributed by atoms with E-state index in [9.17, 15) is 4.79 Å². The van der Waals surface area contributed by atoms with Crippen molar-refractivity contribution in [3.8, 4) is 0 Å². The number of unbranched alkanes of at least 4 members (excludes halogenated alkanes) is 5. The lowest BCUT2D eigenvalue weighted by Crippen LogP contribution is -2.29. The fraction of sp³-hybridized carbons (Fsp3) is 0.828. The highest BCUT2D eigenvalue weighted by Gasteiger charge is 2.33. The van der Waals surface area contributed by atoms with Gasteiger partial charge in [-0.2, -0.15) is 0 Å². The van der Waals surface area contributed by atoms with Gasteiger partial charge in [0.2, 0.25) is 0 Å². The second-order valence-corrected chi connectivity index (χ2v) is 10.5. The maximum atomic E-state index is 12.5. The molecule has 0 unspecified atom stereocenters. The molecule has 0 aromatic rings. The highest BCUT2D eigenvalue weighted by molar-refractivity contribution is 5.72. The van der Waals surface area contributed by atoms with Gasteiger partial charge in [-0.25, -0.2) is 0 Å². The number of hydrogen-bond donors (Lipinski definition) is 0. The molecule has 184 valence electrons. The third-order valence-corrected chi connectivity index (χ3v) is 7.91. The number of rotatable bonds is 15. The van der Waals surface area contributed by atoms with Crippen LogP contribution in [-0.2, 0) is 14.3 Å². The summed E-state index contributed by atoms with van der Waals surface area (Å²) in [7, 11) is 0. The molecule has 0 bridgehead atoms. The van der Waals surface area contributed by atoms with Gasteiger partial charge in [0, 0.05) is 0 Å². The Morgan fingerprint density at radius 1 is 0.750 bits per heavy atom. The molecule has 2 aliphatic carbocycles. The lowest BCUT2D eigenvalue weighted by atomic mass is 9.68.